The number of hydrogen-bond acceptors (Lipinski definition) is 8. The fraction of sp³-hybridized carbons (Fsp3) is 0.667. The lowest BCUT2D eigenvalue weighted by Crippen LogP contribution is -2.60. The Kier molecular flexibility index (Phi) is 8.45. The second-order valence-corrected chi connectivity index (χ2v) is 7.67. The lowest BCUT2D eigenvalue weighted by Gasteiger charge is -2.34. The topological polar surface area (TPSA) is 109 Å². The van der Waals surface area contributed by atoms with Crippen molar-refractivity contribution in [3.8, 4) is 0 Å². The van der Waals surface area contributed by atoms with Crippen LogP contribution in [0.15, 0.2) is 12.4 Å². The van der Waals surface area contributed by atoms with Gasteiger partial charge in [-0.3, -0.25) is 15.0 Å². The molecule has 0 aromatic carbocycles. The number of carbonyl (C=O) groups is 2. The molecule has 2 fully saturated rings. The highest BCUT2D eigenvalue weighted by Crippen LogP contribution is 2.31. The molecule has 1 aromatic heterocycles. The molecule has 3 rings (SSSR count). The Morgan fingerprint density at radius 2 is 1.84 bits per heavy atom. The van der Waals surface area contributed by atoms with Crippen LogP contribution in [-0.2, 0) is 19.1 Å². The van der Waals surface area contributed by atoms with Gasteiger partial charge in [0.2, 0.25) is 17.8 Å². The maximum atomic E-state index is 13.0. The van der Waals surface area contributed by atoms with Gasteiger partial charge in [-0.2, -0.15) is 13.2 Å². The average Bonchev–Trinajstić information content (AvgIpc) is 2.76. The first-order valence-corrected chi connectivity index (χ1v) is 10.4. The normalized spacial score (nSPS) is 22.1. The zero-order chi connectivity index (χ0) is 23.1. The van der Waals surface area contributed by atoms with Crippen LogP contribution >= 0.6 is 11.6 Å². The van der Waals surface area contributed by atoms with Crippen LogP contribution in [0.4, 0.5) is 19.1 Å². The van der Waals surface area contributed by atoms with Gasteiger partial charge in [-0.1, -0.05) is 11.6 Å². The van der Waals surface area contributed by atoms with Crippen molar-refractivity contribution in [2.24, 2.45) is 5.92 Å². The van der Waals surface area contributed by atoms with E-state index < -0.39 is 24.1 Å². The third-order valence-corrected chi connectivity index (χ3v) is 5.26. The number of halogens is 4. The Bertz CT molecular complexity index is 777. The summed E-state index contributed by atoms with van der Waals surface area (Å²) >= 11 is 5.79. The van der Waals surface area contributed by atoms with Gasteiger partial charge in [-0.15, -0.1) is 0 Å². The minimum Gasteiger partial charge on any atom is -0.379 e. The molecule has 2 N–H and O–H groups in total. The van der Waals surface area contributed by atoms with Crippen LogP contribution in [-0.4, -0.2) is 91.5 Å². The van der Waals surface area contributed by atoms with Gasteiger partial charge in [0.05, 0.1) is 49.8 Å². The molecule has 10 nitrogen and oxygen atoms in total. The van der Waals surface area contributed by atoms with Crippen LogP contribution in [0.1, 0.15) is 6.42 Å². The highest BCUT2D eigenvalue weighted by atomic mass is 35.5. The SMILES string of the molecule is O=C1NNCC(OCCOCCC(=O)N2CCN(c3ncc(Cl)cn3)CC2)C1C(F)(F)F. The van der Waals surface area contributed by atoms with E-state index >= 15 is 0 Å². The molecule has 0 bridgehead atoms. The molecule has 0 radical (unpaired) electrons. The number of anilines is 1. The highest BCUT2D eigenvalue weighted by molar-refractivity contribution is 6.30. The Hall–Kier alpha value is -2.22. The van der Waals surface area contributed by atoms with Crippen LogP contribution < -0.4 is 15.8 Å². The summed E-state index contributed by atoms with van der Waals surface area (Å²) in [6.45, 7) is 2.05. The van der Waals surface area contributed by atoms with Crippen LogP contribution in [0, 0.1) is 5.92 Å². The number of ether oxygens (including phenoxy) is 2. The van der Waals surface area contributed by atoms with E-state index in [1.54, 1.807) is 4.90 Å². The third kappa shape index (κ3) is 6.64. The number of rotatable bonds is 8. The lowest BCUT2D eigenvalue weighted by molar-refractivity contribution is -0.214. The number of aromatic nitrogens is 2. The van der Waals surface area contributed by atoms with Crippen molar-refractivity contribution >= 4 is 29.4 Å². The number of piperazine rings is 1. The molecule has 32 heavy (non-hydrogen) atoms. The molecule has 3 heterocycles. The second kappa shape index (κ2) is 11.1. The summed E-state index contributed by atoms with van der Waals surface area (Å²) in [6.07, 6.45) is -2.85. The molecular formula is C18H24ClF3N6O4. The maximum absolute atomic E-state index is 13.0. The summed E-state index contributed by atoms with van der Waals surface area (Å²) in [4.78, 5) is 35.8. The van der Waals surface area contributed by atoms with E-state index in [-0.39, 0.29) is 38.7 Å². The van der Waals surface area contributed by atoms with Crippen molar-refractivity contribution in [2.75, 3.05) is 57.4 Å². The second-order valence-electron chi connectivity index (χ2n) is 7.23. The van der Waals surface area contributed by atoms with Crippen molar-refractivity contribution in [1.29, 1.82) is 0 Å². The molecule has 0 spiro atoms. The van der Waals surface area contributed by atoms with Crippen LogP contribution in [0.2, 0.25) is 5.02 Å². The van der Waals surface area contributed by atoms with E-state index in [2.05, 4.69) is 15.4 Å². The van der Waals surface area contributed by atoms with Gasteiger partial charge in [-0.05, 0) is 0 Å². The monoisotopic (exact) mass is 480 g/mol. The number of hydrogen-bond donors (Lipinski definition) is 2. The van der Waals surface area contributed by atoms with E-state index in [1.807, 2.05) is 10.3 Å². The molecule has 1 aromatic rings. The van der Waals surface area contributed by atoms with Crippen molar-refractivity contribution in [3.63, 3.8) is 0 Å². The molecule has 2 unspecified atom stereocenters. The standard InChI is InChI=1S/C18H24ClF3N6O4/c19-12-9-23-17(24-10-12)28-4-2-27(3-5-28)14(29)1-6-31-7-8-32-13-11-25-26-16(30)15(13)18(20,21)22/h9-10,13,15,25H,1-8,11H2,(H,26,30). The van der Waals surface area contributed by atoms with E-state index in [0.717, 1.165) is 0 Å². The van der Waals surface area contributed by atoms with Gasteiger partial charge in [0, 0.05) is 32.7 Å². The number of hydrazine groups is 1. The average molecular weight is 481 g/mol. The van der Waals surface area contributed by atoms with Crippen molar-refractivity contribution in [3.05, 3.63) is 17.4 Å². The number of nitrogens with one attached hydrogen (secondary N) is 2. The summed E-state index contributed by atoms with van der Waals surface area (Å²) in [7, 11) is 0. The third-order valence-electron chi connectivity index (χ3n) is 5.06. The van der Waals surface area contributed by atoms with Crippen LogP contribution in [0.25, 0.3) is 0 Å². The fourth-order valence-corrected chi connectivity index (χ4v) is 3.52. The summed E-state index contributed by atoms with van der Waals surface area (Å²) in [5.41, 5.74) is 4.33. The van der Waals surface area contributed by atoms with E-state index in [4.69, 9.17) is 21.1 Å². The molecule has 0 aliphatic carbocycles. The Labute approximate surface area is 187 Å². The molecular weight excluding hydrogens is 457 g/mol. The van der Waals surface area contributed by atoms with Crippen molar-refractivity contribution in [2.45, 2.75) is 18.7 Å². The lowest BCUT2D eigenvalue weighted by atomic mass is 9.99. The first kappa shape index (κ1) is 24.4. The Balaban J connectivity index is 1.30. The maximum Gasteiger partial charge on any atom is 0.403 e. The highest BCUT2D eigenvalue weighted by Gasteiger charge is 2.51. The van der Waals surface area contributed by atoms with Crippen LogP contribution in [0.3, 0.4) is 0 Å². The van der Waals surface area contributed by atoms with Crippen LogP contribution in [0.5, 0.6) is 0 Å². The number of alkyl halides is 3. The summed E-state index contributed by atoms with van der Waals surface area (Å²) in [6, 6.07) is 0. The van der Waals surface area contributed by atoms with Gasteiger partial charge in [0.1, 0.15) is 0 Å². The molecule has 14 heteroatoms. The first-order chi connectivity index (χ1) is 15.3. The summed E-state index contributed by atoms with van der Waals surface area (Å²) in [5.74, 6) is -2.93. The zero-order valence-corrected chi connectivity index (χ0v) is 17.9. The van der Waals surface area contributed by atoms with E-state index in [0.29, 0.717) is 37.1 Å². The quantitative estimate of drug-likeness (QED) is 0.514. The minimum absolute atomic E-state index is 0.0116. The molecule has 2 saturated heterocycles. The molecule has 2 atom stereocenters. The number of amides is 2. The Morgan fingerprint density at radius 3 is 2.50 bits per heavy atom. The van der Waals surface area contributed by atoms with Gasteiger partial charge >= 0.3 is 6.18 Å². The smallest absolute Gasteiger partial charge is 0.379 e. The van der Waals surface area contributed by atoms with Crippen molar-refractivity contribution < 1.29 is 32.2 Å². The van der Waals surface area contributed by atoms with Gasteiger partial charge < -0.3 is 19.3 Å². The summed E-state index contributed by atoms with van der Waals surface area (Å²) in [5, 5.41) is 0.453. The van der Waals surface area contributed by atoms with Gasteiger partial charge in [0.25, 0.3) is 0 Å². The largest absolute Gasteiger partial charge is 0.403 e. The minimum atomic E-state index is -4.70. The molecule has 2 aliphatic rings. The van der Waals surface area contributed by atoms with Gasteiger partial charge in [-0.25, -0.2) is 15.4 Å². The fourth-order valence-electron chi connectivity index (χ4n) is 3.42. The zero-order valence-electron chi connectivity index (χ0n) is 17.1. The van der Waals surface area contributed by atoms with Crippen molar-refractivity contribution in [1.82, 2.24) is 25.7 Å². The molecule has 2 amide bonds. The predicted octanol–water partition coefficient (Wildman–Crippen LogP) is 0.383. The summed E-state index contributed by atoms with van der Waals surface area (Å²) < 4.78 is 49.6. The predicted molar refractivity (Wildman–Crippen MR) is 107 cm³/mol. The number of nitrogens with zero attached hydrogens (tertiary/aromatic N) is 4. The Morgan fingerprint density at radius 1 is 1.16 bits per heavy atom. The number of carbonyl (C=O) groups excluding carboxylic acids is 2. The van der Waals surface area contributed by atoms with Gasteiger partial charge in [0.15, 0.2) is 5.92 Å². The molecule has 178 valence electrons. The van der Waals surface area contributed by atoms with E-state index in [9.17, 15) is 22.8 Å². The van der Waals surface area contributed by atoms with E-state index in [1.165, 1.54) is 12.4 Å². The molecule has 2 aliphatic heterocycles. The molecule has 0 saturated carbocycles. The first-order valence-electron chi connectivity index (χ1n) is 10.0.